The number of nitrogens with zero attached hydrogens (tertiary/aromatic N) is 1. The van der Waals surface area contributed by atoms with Crippen LogP contribution in [0.5, 0.6) is 5.75 Å². The number of methoxy groups -OCH3 is 1. The summed E-state index contributed by atoms with van der Waals surface area (Å²) in [6.45, 7) is 1.15. The van der Waals surface area contributed by atoms with E-state index in [0.717, 1.165) is 49.8 Å². The SMILES string of the molecule is COc1ccc(C(Nc2ccc(S(=O)(=O)N3CCCC3)cc2)C(=O)NC2CCCCC2)cc1. The third-order valence-electron chi connectivity index (χ3n) is 6.53. The molecule has 2 aliphatic rings. The van der Waals surface area contributed by atoms with Gasteiger partial charge < -0.3 is 15.4 Å². The van der Waals surface area contributed by atoms with Gasteiger partial charge in [0.05, 0.1) is 12.0 Å². The van der Waals surface area contributed by atoms with Gasteiger partial charge in [-0.15, -0.1) is 0 Å². The third-order valence-corrected chi connectivity index (χ3v) is 8.44. The second kappa shape index (κ2) is 10.6. The molecule has 2 aromatic rings. The number of hydrogen-bond acceptors (Lipinski definition) is 5. The first-order valence-corrected chi connectivity index (χ1v) is 13.2. The molecule has 4 rings (SSSR count). The molecule has 33 heavy (non-hydrogen) atoms. The van der Waals surface area contributed by atoms with Crippen molar-refractivity contribution >= 4 is 21.6 Å². The van der Waals surface area contributed by atoms with Crippen molar-refractivity contribution < 1.29 is 17.9 Å². The molecule has 2 aromatic carbocycles. The first kappa shape index (κ1) is 23.6. The molecule has 2 fully saturated rings. The van der Waals surface area contributed by atoms with E-state index in [1.165, 1.54) is 10.7 Å². The molecule has 7 nitrogen and oxygen atoms in total. The van der Waals surface area contributed by atoms with E-state index in [9.17, 15) is 13.2 Å². The van der Waals surface area contributed by atoms with E-state index in [-0.39, 0.29) is 16.8 Å². The van der Waals surface area contributed by atoms with Gasteiger partial charge >= 0.3 is 0 Å². The zero-order valence-corrected chi connectivity index (χ0v) is 19.9. The first-order valence-electron chi connectivity index (χ1n) is 11.8. The summed E-state index contributed by atoms with van der Waals surface area (Å²) in [5.41, 5.74) is 1.51. The molecule has 1 heterocycles. The molecule has 0 spiro atoms. The maximum atomic E-state index is 13.3. The van der Waals surface area contributed by atoms with E-state index >= 15 is 0 Å². The lowest BCUT2D eigenvalue weighted by molar-refractivity contribution is -0.122. The highest BCUT2D eigenvalue weighted by Gasteiger charge is 2.28. The van der Waals surface area contributed by atoms with Crippen LogP contribution in [0.2, 0.25) is 0 Å². The second-order valence-corrected chi connectivity index (χ2v) is 10.8. The van der Waals surface area contributed by atoms with Crippen LogP contribution in [0.1, 0.15) is 56.6 Å². The predicted molar refractivity (Wildman–Crippen MR) is 129 cm³/mol. The van der Waals surface area contributed by atoms with Crippen LogP contribution in [0.3, 0.4) is 0 Å². The lowest BCUT2D eigenvalue weighted by Crippen LogP contribution is -2.41. The van der Waals surface area contributed by atoms with Crippen LogP contribution in [0, 0.1) is 0 Å². The topological polar surface area (TPSA) is 87.7 Å². The number of rotatable bonds is 8. The molecule has 1 atom stereocenters. The molecule has 1 amide bonds. The predicted octanol–water partition coefficient (Wildman–Crippen LogP) is 4.08. The van der Waals surface area contributed by atoms with Crippen molar-refractivity contribution in [3.8, 4) is 5.75 Å². The number of ether oxygens (including phenoxy) is 1. The summed E-state index contributed by atoms with van der Waals surface area (Å²) >= 11 is 0. The van der Waals surface area contributed by atoms with Gasteiger partial charge in [-0.05, 0) is 67.6 Å². The highest BCUT2D eigenvalue weighted by Crippen LogP contribution is 2.26. The van der Waals surface area contributed by atoms with Crippen LogP contribution in [0.4, 0.5) is 5.69 Å². The third kappa shape index (κ3) is 5.68. The Morgan fingerprint density at radius 2 is 1.58 bits per heavy atom. The van der Waals surface area contributed by atoms with Gasteiger partial charge in [0, 0.05) is 24.8 Å². The largest absolute Gasteiger partial charge is 0.497 e. The van der Waals surface area contributed by atoms with E-state index in [4.69, 9.17) is 4.74 Å². The van der Waals surface area contributed by atoms with Crippen molar-refractivity contribution in [1.82, 2.24) is 9.62 Å². The van der Waals surface area contributed by atoms with Crippen molar-refractivity contribution in [2.45, 2.75) is 61.9 Å². The Morgan fingerprint density at radius 1 is 0.939 bits per heavy atom. The summed E-state index contributed by atoms with van der Waals surface area (Å²) in [6.07, 6.45) is 7.31. The quantitative estimate of drug-likeness (QED) is 0.606. The van der Waals surface area contributed by atoms with Gasteiger partial charge in [0.15, 0.2) is 0 Å². The number of anilines is 1. The zero-order valence-electron chi connectivity index (χ0n) is 19.1. The van der Waals surface area contributed by atoms with Crippen molar-refractivity contribution in [2.75, 3.05) is 25.5 Å². The van der Waals surface area contributed by atoms with Gasteiger partial charge in [-0.25, -0.2) is 8.42 Å². The Balaban J connectivity index is 1.53. The van der Waals surface area contributed by atoms with E-state index < -0.39 is 16.1 Å². The van der Waals surface area contributed by atoms with E-state index in [1.807, 2.05) is 24.3 Å². The number of carbonyl (C=O) groups is 1. The number of carbonyl (C=O) groups excluding carboxylic acids is 1. The van der Waals surface area contributed by atoms with Gasteiger partial charge in [-0.1, -0.05) is 31.4 Å². The van der Waals surface area contributed by atoms with Crippen LogP contribution in [-0.2, 0) is 14.8 Å². The summed E-state index contributed by atoms with van der Waals surface area (Å²) in [6, 6.07) is 13.7. The molecule has 0 radical (unpaired) electrons. The maximum absolute atomic E-state index is 13.3. The summed E-state index contributed by atoms with van der Waals surface area (Å²) in [5, 5.41) is 6.51. The fourth-order valence-electron chi connectivity index (χ4n) is 4.60. The van der Waals surface area contributed by atoms with E-state index in [1.54, 1.807) is 31.4 Å². The standard InChI is InChI=1S/C25H33N3O4S/c1-32-22-13-9-19(10-14-22)24(25(29)27-20-7-3-2-4-8-20)26-21-11-15-23(16-12-21)33(30,31)28-17-5-6-18-28/h9-16,20,24,26H,2-8,17-18H2,1H3,(H,27,29). The highest BCUT2D eigenvalue weighted by atomic mass is 32.2. The molecule has 1 saturated carbocycles. The van der Waals surface area contributed by atoms with Gasteiger partial charge in [-0.3, -0.25) is 4.79 Å². The summed E-state index contributed by atoms with van der Waals surface area (Å²) < 4.78 is 32.4. The van der Waals surface area contributed by atoms with Gasteiger partial charge in [0.2, 0.25) is 15.9 Å². The number of hydrogen-bond donors (Lipinski definition) is 2. The fourth-order valence-corrected chi connectivity index (χ4v) is 6.11. The monoisotopic (exact) mass is 471 g/mol. The molecule has 178 valence electrons. The van der Waals surface area contributed by atoms with Crippen LogP contribution >= 0.6 is 0 Å². The molecule has 1 aliphatic heterocycles. The Bertz CT molecular complexity index is 1030. The number of benzene rings is 2. The molecular formula is C25H33N3O4S. The molecule has 1 saturated heterocycles. The van der Waals surface area contributed by atoms with Crippen molar-refractivity contribution in [3.63, 3.8) is 0 Å². The van der Waals surface area contributed by atoms with Gasteiger partial charge in [-0.2, -0.15) is 4.31 Å². The molecule has 0 bridgehead atoms. The lowest BCUT2D eigenvalue weighted by atomic mass is 9.95. The highest BCUT2D eigenvalue weighted by molar-refractivity contribution is 7.89. The molecular weight excluding hydrogens is 438 g/mol. The smallest absolute Gasteiger partial charge is 0.247 e. The molecule has 8 heteroatoms. The number of sulfonamides is 1. The average molecular weight is 472 g/mol. The minimum absolute atomic E-state index is 0.0826. The minimum atomic E-state index is -3.47. The van der Waals surface area contributed by atoms with Gasteiger partial charge in [0.25, 0.3) is 0 Å². The average Bonchev–Trinajstić information content (AvgIpc) is 3.40. The summed E-state index contributed by atoms with van der Waals surface area (Å²) in [7, 11) is -1.86. The fraction of sp³-hybridized carbons (Fsp3) is 0.480. The van der Waals surface area contributed by atoms with Crippen LogP contribution in [0.25, 0.3) is 0 Å². The second-order valence-electron chi connectivity index (χ2n) is 8.83. The normalized spacial score (nSPS) is 18.6. The Labute approximate surface area is 196 Å². The summed E-state index contributed by atoms with van der Waals surface area (Å²) in [4.78, 5) is 13.5. The van der Waals surface area contributed by atoms with E-state index in [2.05, 4.69) is 10.6 Å². The van der Waals surface area contributed by atoms with Crippen LogP contribution in [0.15, 0.2) is 53.4 Å². The van der Waals surface area contributed by atoms with Crippen molar-refractivity contribution in [3.05, 3.63) is 54.1 Å². The molecule has 1 aliphatic carbocycles. The van der Waals surface area contributed by atoms with Gasteiger partial charge in [0.1, 0.15) is 11.8 Å². The Kier molecular flexibility index (Phi) is 7.55. The Hall–Kier alpha value is -2.58. The van der Waals surface area contributed by atoms with E-state index in [0.29, 0.717) is 18.8 Å². The summed E-state index contributed by atoms with van der Waals surface area (Å²) in [5.74, 6) is 0.641. The van der Waals surface area contributed by atoms with Crippen molar-refractivity contribution in [1.29, 1.82) is 0 Å². The molecule has 2 N–H and O–H groups in total. The minimum Gasteiger partial charge on any atom is -0.497 e. The first-order chi connectivity index (χ1) is 16.0. The molecule has 1 unspecified atom stereocenters. The molecule has 0 aromatic heterocycles. The Morgan fingerprint density at radius 3 is 2.18 bits per heavy atom. The number of amides is 1. The van der Waals surface area contributed by atoms with Crippen molar-refractivity contribution in [2.24, 2.45) is 0 Å². The maximum Gasteiger partial charge on any atom is 0.247 e. The number of nitrogens with one attached hydrogen (secondary N) is 2. The zero-order chi connectivity index (χ0) is 23.3. The van der Waals surface area contributed by atoms with Crippen LogP contribution in [-0.4, -0.2) is 44.9 Å². The lowest BCUT2D eigenvalue weighted by Gasteiger charge is -2.27. The van der Waals surface area contributed by atoms with Crippen LogP contribution < -0.4 is 15.4 Å².